The van der Waals surface area contributed by atoms with Crippen LogP contribution in [0.3, 0.4) is 0 Å². The Kier molecular flexibility index (Phi) is 4.63. The number of nitrogens with zero attached hydrogens (tertiary/aromatic N) is 4. The van der Waals surface area contributed by atoms with Gasteiger partial charge < -0.3 is 10.2 Å². The Hall–Kier alpha value is -2.01. The van der Waals surface area contributed by atoms with E-state index in [-0.39, 0.29) is 0 Å². The molecule has 0 amide bonds. The van der Waals surface area contributed by atoms with Gasteiger partial charge >= 0.3 is 0 Å². The fourth-order valence-electron chi connectivity index (χ4n) is 2.62. The van der Waals surface area contributed by atoms with Gasteiger partial charge in [0.15, 0.2) is 5.82 Å². The average Bonchev–Trinajstić information content (AvgIpc) is 2.84. The highest BCUT2D eigenvalue weighted by molar-refractivity contribution is 5.57. The van der Waals surface area contributed by atoms with Crippen molar-refractivity contribution in [3.8, 4) is 11.4 Å². The van der Waals surface area contributed by atoms with Gasteiger partial charge in [0.1, 0.15) is 5.82 Å². The lowest BCUT2D eigenvalue weighted by atomic mass is 10.1. The van der Waals surface area contributed by atoms with Crippen LogP contribution < -0.4 is 10.2 Å². The minimum atomic E-state index is 0.382. The third kappa shape index (κ3) is 3.42. The zero-order valence-electron chi connectivity index (χ0n) is 13.3. The highest BCUT2D eigenvalue weighted by Crippen LogP contribution is 2.23. The Bertz CT molecular complexity index is 604. The van der Waals surface area contributed by atoms with E-state index in [1.54, 1.807) is 12.4 Å². The molecule has 0 atom stereocenters. The Morgan fingerprint density at radius 1 is 1.09 bits per heavy atom. The van der Waals surface area contributed by atoms with E-state index < -0.39 is 0 Å². The average molecular weight is 297 g/mol. The number of hydrogen-bond donors (Lipinski definition) is 1. The predicted octanol–water partition coefficient (Wildman–Crippen LogP) is 2.46. The van der Waals surface area contributed by atoms with Crippen LogP contribution in [-0.4, -0.2) is 41.1 Å². The summed E-state index contributed by atoms with van der Waals surface area (Å²) in [6.07, 6.45) is 4.72. The number of hydrogen-bond acceptors (Lipinski definition) is 5. The van der Waals surface area contributed by atoms with Crippen LogP contribution >= 0.6 is 0 Å². The smallest absolute Gasteiger partial charge is 0.161 e. The highest BCUT2D eigenvalue weighted by atomic mass is 15.2. The van der Waals surface area contributed by atoms with Crippen LogP contribution in [0.4, 0.5) is 5.82 Å². The fraction of sp³-hybridized carbons (Fsp3) is 0.471. The molecule has 3 rings (SSSR count). The Morgan fingerprint density at radius 3 is 2.68 bits per heavy atom. The van der Waals surface area contributed by atoms with Crippen molar-refractivity contribution in [2.45, 2.75) is 26.2 Å². The van der Waals surface area contributed by atoms with Gasteiger partial charge in [-0.25, -0.2) is 9.97 Å². The Morgan fingerprint density at radius 2 is 1.91 bits per heavy atom. The predicted molar refractivity (Wildman–Crippen MR) is 89.1 cm³/mol. The van der Waals surface area contributed by atoms with Crippen molar-refractivity contribution in [3.63, 3.8) is 0 Å². The second-order valence-electron chi connectivity index (χ2n) is 5.96. The molecule has 1 aliphatic rings. The molecule has 1 aliphatic heterocycles. The van der Waals surface area contributed by atoms with Crippen LogP contribution in [-0.2, 0) is 0 Å². The molecule has 0 aromatic carbocycles. The molecule has 1 N–H and O–H groups in total. The second-order valence-corrected chi connectivity index (χ2v) is 5.96. The van der Waals surface area contributed by atoms with Gasteiger partial charge in [-0.2, -0.15) is 0 Å². The summed E-state index contributed by atoms with van der Waals surface area (Å²) in [5, 5.41) is 3.44. The first-order chi connectivity index (χ1) is 10.7. The standard InChI is InChI=1S/C17H23N5/c1-13(2)15-12-16(22-10-3-6-18-9-11-22)21-17(20-15)14-4-7-19-8-5-14/h4-5,7-8,12-13,18H,3,6,9-11H2,1-2H3. The summed E-state index contributed by atoms with van der Waals surface area (Å²) >= 11 is 0. The quantitative estimate of drug-likeness (QED) is 0.943. The van der Waals surface area contributed by atoms with Crippen molar-refractivity contribution >= 4 is 5.82 Å². The van der Waals surface area contributed by atoms with Crippen molar-refractivity contribution in [2.24, 2.45) is 0 Å². The topological polar surface area (TPSA) is 53.9 Å². The highest BCUT2D eigenvalue weighted by Gasteiger charge is 2.15. The molecule has 1 saturated heterocycles. The molecular formula is C17H23N5. The van der Waals surface area contributed by atoms with Gasteiger partial charge in [0, 0.05) is 49.4 Å². The van der Waals surface area contributed by atoms with Crippen molar-refractivity contribution in [2.75, 3.05) is 31.1 Å². The summed E-state index contributed by atoms with van der Waals surface area (Å²) in [6, 6.07) is 6.07. The van der Waals surface area contributed by atoms with Gasteiger partial charge in [0.05, 0.1) is 0 Å². The molecule has 0 bridgehead atoms. The molecule has 5 heteroatoms. The minimum Gasteiger partial charge on any atom is -0.355 e. The van der Waals surface area contributed by atoms with Gasteiger partial charge in [0.2, 0.25) is 0 Å². The van der Waals surface area contributed by atoms with Gasteiger partial charge in [-0.05, 0) is 31.0 Å². The van der Waals surface area contributed by atoms with Gasteiger partial charge in [-0.1, -0.05) is 13.8 Å². The molecule has 1 fully saturated rings. The number of rotatable bonds is 3. The lowest BCUT2D eigenvalue weighted by Crippen LogP contribution is -2.29. The van der Waals surface area contributed by atoms with E-state index in [4.69, 9.17) is 9.97 Å². The molecule has 0 aliphatic carbocycles. The Balaban J connectivity index is 2.00. The molecule has 0 spiro atoms. The summed E-state index contributed by atoms with van der Waals surface area (Å²) in [5.74, 6) is 2.21. The van der Waals surface area contributed by atoms with E-state index in [2.05, 4.69) is 35.1 Å². The van der Waals surface area contributed by atoms with Crippen molar-refractivity contribution in [1.29, 1.82) is 0 Å². The van der Waals surface area contributed by atoms with Gasteiger partial charge in [-0.15, -0.1) is 0 Å². The lowest BCUT2D eigenvalue weighted by Gasteiger charge is -2.22. The molecule has 5 nitrogen and oxygen atoms in total. The molecule has 116 valence electrons. The van der Waals surface area contributed by atoms with Gasteiger partial charge in [0.25, 0.3) is 0 Å². The number of nitrogens with one attached hydrogen (secondary N) is 1. The molecule has 0 unspecified atom stereocenters. The first-order valence-electron chi connectivity index (χ1n) is 7.99. The van der Waals surface area contributed by atoms with E-state index in [1.165, 1.54) is 0 Å². The molecule has 2 aromatic rings. The number of aromatic nitrogens is 3. The maximum Gasteiger partial charge on any atom is 0.161 e. The maximum absolute atomic E-state index is 4.81. The van der Waals surface area contributed by atoms with E-state index in [0.717, 1.165) is 55.5 Å². The lowest BCUT2D eigenvalue weighted by molar-refractivity contribution is 0.724. The van der Waals surface area contributed by atoms with E-state index >= 15 is 0 Å². The van der Waals surface area contributed by atoms with Crippen LogP contribution in [0.1, 0.15) is 31.9 Å². The first kappa shape index (κ1) is 14.9. The number of anilines is 1. The molecule has 0 saturated carbocycles. The summed E-state index contributed by atoms with van der Waals surface area (Å²) < 4.78 is 0. The SMILES string of the molecule is CC(C)c1cc(N2CCCNCC2)nc(-c2ccncc2)n1. The van der Waals surface area contributed by atoms with Crippen LogP contribution in [0.2, 0.25) is 0 Å². The van der Waals surface area contributed by atoms with E-state index in [0.29, 0.717) is 5.92 Å². The van der Waals surface area contributed by atoms with Crippen molar-refractivity contribution < 1.29 is 0 Å². The summed E-state index contributed by atoms with van der Waals surface area (Å²) in [4.78, 5) is 16.0. The molecule has 0 radical (unpaired) electrons. The zero-order valence-corrected chi connectivity index (χ0v) is 13.3. The van der Waals surface area contributed by atoms with Gasteiger partial charge in [-0.3, -0.25) is 4.98 Å². The van der Waals surface area contributed by atoms with Crippen LogP contribution in [0.5, 0.6) is 0 Å². The van der Waals surface area contributed by atoms with Crippen LogP contribution in [0.15, 0.2) is 30.6 Å². The maximum atomic E-state index is 4.81. The van der Waals surface area contributed by atoms with Crippen LogP contribution in [0, 0.1) is 0 Å². The normalized spacial score (nSPS) is 15.9. The molecule has 22 heavy (non-hydrogen) atoms. The summed E-state index contributed by atoms with van der Waals surface area (Å²) in [6.45, 7) is 8.46. The molecule has 3 heterocycles. The summed E-state index contributed by atoms with van der Waals surface area (Å²) in [5.41, 5.74) is 2.11. The summed E-state index contributed by atoms with van der Waals surface area (Å²) in [7, 11) is 0. The second kappa shape index (κ2) is 6.83. The molecular weight excluding hydrogens is 274 g/mol. The third-order valence-corrected chi connectivity index (χ3v) is 3.93. The Labute approximate surface area is 131 Å². The monoisotopic (exact) mass is 297 g/mol. The first-order valence-corrected chi connectivity index (χ1v) is 7.99. The number of pyridine rings is 1. The minimum absolute atomic E-state index is 0.382. The third-order valence-electron chi connectivity index (χ3n) is 3.93. The van der Waals surface area contributed by atoms with Crippen molar-refractivity contribution in [1.82, 2.24) is 20.3 Å². The zero-order chi connectivity index (χ0) is 15.4. The van der Waals surface area contributed by atoms with Crippen molar-refractivity contribution in [3.05, 3.63) is 36.3 Å². The fourth-order valence-corrected chi connectivity index (χ4v) is 2.62. The largest absolute Gasteiger partial charge is 0.355 e. The molecule has 2 aromatic heterocycles. The van der Waals surface area contributed by atoms with E-state index in [9.17, 15) is 0 Å². The van der Waals surface area contributed by atoms with E-state index in [1.807, 2.05) is 12.1 Å². The van der Waals surface area contributed by atoms with Crippen LogP contribution in [0.25, 0.3) is 11.4 Å².